The molecule has 21 heavy (non-hydrogen) atoms. The number of piperidine rings is 1. The highest BCUT2D eigenvalue weighted by molar-refractivity contribution is 5.89. The van der Waals surface area contributed by atoms with Crippen molar-refractivity contribution in [3.8, 4) is 0 Å². The fourth-order valence-corrected chi connectivity index (χ4v) is 2.90. The topological polar surface area (TPSA) is 49.8 Å². The lowest BCUT2D eigenvalue weighted by Crippen LogP contribution is -2.39. The molecule has 1 aromatic rings. The zero-order valence-electron chi connectivity index (χ0n) is 12.3. The Balaban J connectivity index is 2.15. The van der Waals surface area contributed by atoms with E-state index in [-0.39, 0.29) is 18.5 Å². The molecule has 4 nitrogen and oxygen atoms in total. The number of rotatable bonds is 5. The predicted molar refractivity (Wildman–Crippen MR) is 77.5 cm³/mol. The average Bonchev–Trinajstić information content (AvgIpc) is 2.51. The first-order valence-corrected chi connectivity index (χ1v) is 7.37. The van der Waals surface area contributed by atoms with Crippen LogP contribution in [-0.2, 0) is 11.3 Å². The van der Waals surface area contributed by atoms with Crippen molar-refractivity contribution in [2.75, 3.05) is 20.3 Å². The van der Waals surface area contributed by atoms with Gasteiger partial charge >= 0.3 is 5.97 Å². The van der Waals surface area contributed by atoms with Gasteiger partial charge in [-0.3, -0.25) is 4.90 Å². The summed E-state index contributed by atoms with van der Waals surface area (Å²) < 4.78 is 18.6. The van der Waals surface area contributed by atoms with Crippen molar-refractivity contribution in [2.45, 2.75) is 38.3 Å². The zero-order valence-corrected chi connectivity index (χ0v) is 12.3. The number of esters is 1. The largest absolute Gasteiger partial charge is 0.465 e. The van der Waals surface area contributed by atoms with Crippen LogP contribution >= 0.6 is 0 Å². The highest BCUT2D eigenvalue weighted by Crippen LogP contribution is 2.23. The maximum atomic E-state index is 14.0. The van der Waals surface area contributed by atoms with Gasteiger partial charge in [-0.1, -0.05) is 6.42 Å². The number of hydrogen-bond acceptors (Lipinski definition) is 4. The fraction of sp³-hybridized carbons (Fsp3) is 0.562. The van der Waals surface area contributed by atoms with E-state index in [4.69, 9.17) is 5.11 Å². The summed E-state index contributed by atoms with van der Waals surface area (Å²) in [6.45, 7) is 1.50. The van der Waals surface area contributed by atoms with E-state index < -0.39 is 5.97 Å². The fourth-order valence-electron chi connectivity index (χ4n) is 2.90. The van der Waals surface area contributed by atoms with Crippen molar-refractivity contribution < 1.29 is 19.0 Å². The van der Waals surface area contributed by atoms with Crippen LogP contribution in [0.3, 0.4) is 0 Å². The van der Waals surface area contributed by atoms with Gasteiger partial charge in [0.1, 0.15) is 5.82 Å². The lowest BCUT2D eigenvalue weighted by Gasteiger charge is -2.35. The molecule has 0 bridgehead atoms. The number of halogens is 1. The minimum absolute atomic E-state index is 0.145. The number of nitrogens with zero attached hydrogens (tertiary/aromatic N) is 1. The molecule has 1 N–H and O–H groups in total. The first-order chi connectivity index (χ1) is 10.2. The molecule has 1 aromatic carbocycles. The number of hydrogen-bond donors (Lipinski definition) is 1. The molecule has 2 rings (SSSR count). The lowest BCUT2D eigenvalue weighted by atomic mass is 9.98. The van der Waals surface area contributed by atoms with E-state index in [0.717, 1.165) is 25.8 Å². The molecule has 0 aliphatic carbocycles. The maximum Gasteiger partial charge on any atom is 0.337 e. The number of likely N-dealkylation sites (tertiary alicyclic amines) is 1. The van der Waals surface area contributed by atoms with E-state index in [1.165, 1.54) is 19.2 Å². The summed E-state index contributed by atoms with van der Waals surface area (Å²) in [5.41, 5.74) is 0.868. The van der Waals surface area contributed by atoms with Gasteiger partial charge in [0.05, 0.1) is 12.7 Å². The molecule has 0 aromatic heterocycles. The molecule has 1 atom stereocenters. The lowest BCUT2D eigenvalue weighted by molar-refractivity contribution is 0.0600. The van der Waals surface area contributed by atoms with Crippen LogP contribution in [0.25, 0.3) is 0 Å². The van der Waals surface area contributed by atoms with E-state index >= 15 is 0 Å². The second-order valence-corrected chi connectivity index (χ2v) is 5.43. The van der Waals surface area contributed by atoms with Gasteiger partial charge in [0.15, 0.2) is 0 Å². The molecule has 0 radical (unpaired) electrons. The maximum absolute atomic E-state index is 14.0. The van der Waals surface area contributed by atoms with E-state index in [9.17, 15) is 9.18 Å². The molecular formula is C16H22FNO3. The highest BCUT2D eigenvalue weighted by Gasteiger charge is 2.23. The van der Waals surface area contributed by atoms with Gasteiger partial charge in [0.25, 0.3) is 0 Å². The molecule has 1 unspecified atom stereocenters. The van der Waals surface area contributed by atoms with Gasteiger partial charge in [-0.25, -0.2) is 9.18 Å². The third-order valence-corrected chi connectivity index (χ3v) is 4.05. The van der Waals surface area contributed by atoms with Crippen LogP contribution in [0.5, 0.6) is 0 Å². The number of benzene rings is 1. The minimum Gasteiger partial charge on any atom is -0.465 e. The van der Waals surface area contributed by atoms with Crippen LogP contribution < -0.4 is 0 Å². The Labute approximate surface area is 124 Å². The summed E-state index contributed by atoms with van der Waals surface area (Å²) in [5.74, 6) is -0.766. The molecule has 1 fully saturated rings. The van der Waals surface area contributed by atoms with Gasteiger partial charge in [0.2, 0.25) is 0 Å². The summed E-state index contributed by atoms with van der Waals surface area (Å²) in [6.07, 6.45) is 3.96. The molecule has 0 saturated carbocycles. The van der Waals surface area contributed by atoms with Gasteiger partial charge in [-0.05, 0) is 44.0 Å². The molecule has 1 aliphatic rings. The van der Waals surface area contributed by atoms with Gasteiger partial charge < -0.3 is 9.84 Å². The quantitative estimate of drug-likeness (QED) is 0.847. The van der Waals surface area contributed by atoms with Crippen molar-refractivity contribution >= 4 is 5.97 Å². The second-order valence-electron chi connectivity index (χ2n) is 5.43. The standard InChI is InChI=1S/C16H22FNO3/c1-21-16(20)12-5-6-15(17)13(10-12)11-18-8-3-2-4-14(18)7-9-19/h5-6,10,14,19H,2-4,7-9,11H2,1H3. The van der Waals surface area contributed by atoms with Crippen LogP contribution in [0, 0.1) is 5.82 Å². The summed E-state index contributed by atoms with van der Waals surface area (Å²) in [6, 6.07) is 4.59. The van der Waals surface area contributed by atoms with Crippen molar-refractivity contribution in [2.24, 2.45) is 0 Å². The normalized spacial score (nSPS) is 19.5. The number of ether oxygens (including phenoxy) is 1. The van der Waals surface area contributed by atoms with E-state index in [2.05, 4.69) is 9.64 Å². The second kappa shape index (κ2) is 7.52. The SMILES string of the molecule is COC(=O)c1ccc(F)c(CN2CCCCC2CCO)c1. The Morgan fingerprint density at radius 1 is 1.48 bits per heavy atom. The molecular weight excluding hydrogens is 273 g/mol. The van der Waals surface area contributed by atoms with Crippen LogP contribution in [0.4, 0.5) is 4.39 Å². The summed E-state index contributed by atoms with van der Waals surface area (Å²) in [7, 11) is 1.31. The first kappa shape index (κ1) is 15.9. The number of aliphatic hydroxyl groups is 1. The Morgan fingerprint density at radius 2 is 2.29 bits per heavy atom. The monoisotopic (exact) mass is 295 g/mol. The summed E-state index contributed by atoms with van der Waals surface area (Å²) in [5, 5.41) is 9.14. The van der Waals surface area contributed by atoms with Crippen molar-refractivity contribution in [3.63, 3.8) is 0 Å². The summed E-state index contributed by atoms with van der Waals surface area (Å²) >= 11 is 0. The zero-order chi connectivity index (χ0) is 15.2. The van der Waals surface area contributed by atoms with Crippen LogP contribution in [-0.4, -0.2) is 42.3 Å². The predicted octanol–water partition coefficient (Wildman–Crippen LogP) is 2.35. The molecule has 1 saturated heterocycles. The highest BCUT2D eigenvalue weighted by atomic mass is 19.1. The molecule has 1 heterocycles. The van der Waals surface area contributed by atoms with Gasteiger partial charge in [-0.15, -0.1) is 0 Å². The van der Waals surface area contributed by atoms with Crippen molar-refractivity contribution in [1.29, 1.82) is 0 Å². The van der Waals surface area contributed by atoms with Gasteiger partial charge in [0, 0.05) is 24.8 Å². The van der Waals surface area contributed by atoms with Gasteiger partial charge in [-0.2, -0.15) is 0 Å². The smallest absolute Gasteiger partial charge is 0.337 e. The molecule has 0 spiro atoms. The minimum atomic E-state index is -0.457. The Hall–Kier alpha value is -1.46. The number of methoxy groups -OCH3 is 1. The van der Waals surface area contributed by atoms with Crippen LogP contribution in [0.2, 0.25) is 0 Å². The summed E-state index contributed by atoms with van der Waals surface area (Å²) in [4.78, 5) is 13.7. The first-order valence-electron chi connectivity index (χ1n) is 7.37. The number of aliphatic hydroxyl groups excluding tert-OH is 1. The van der Waals surface area contributed by atoms with Crippen molar-refractivity contribution in [3.05, 3.63) is 35.1 Å². The van der Waals surface area contributed by atoms with E-state index in [1.807, 2.05) is 0 Å². The van der Waals surface area contributed by atoms with Crippen molar-refractivity contribution in [1.82, 2.24) is 4.90 Å². The average molecular weight is 295 g/mol. The number of carbonyl (C=O) groups excluding carboxylic acids is 1. The third kappa shape index (κ3) is 4.02. The van der Waals surface area contributed by atoms with E-state index in [0.29, 0.717) is 24.1 Å². The van der Waals surface area contributed by atoms with Crippen LogP contribution in [0.1, 0.15) is 41.6 Å². The van der Waals surface area contributed by atoms with Crippen LogP contribution in [0.15, 0.2) is 18.2 Å². The Bertz CT molecular complexity index is 490. The molecule has 0 amide bonds. The number of carbonyl (C=O) groups is 1. The van der Waals surface area contributed by atoms with E-state index in [1.54, 1.807) is 6.07 Å². The Kier molecular flexibility index (Phi) is 5.70. The molecule has 1 aliphatic heterocycles. The third-order valence-electron chi connectivity index (χ3n) is 4.05. The molecule has 116 valence electrons. The molecule has 5 heteroatoms. The Morgan fingerprint density at radius 3 is 3.00 bits per heavy atom.